The number of hydrogen-bond donors (Lipinski definition) is 1. The van der Waals surface area contributed by atoms with E-state index in [9.17, 15) is 9.59 Å². The zero-order valence-corrected chi connectivity index (χ0v) is 19.4. The summed E-state index contributed by atoms with van der Waals surface area (Å²) in [6, 6.07) is 10.7. The van der Waals surface area contributed by atoms with E-state index < -0.39 is 0 Å². The Morgan fingerprint density at radius 1 is 1.06 bits per heavy atom. The minimum absolute atomic E-state index is 0.116. The Bertz CT molecular complexity index is 948. The highest BCUT2D eigenvalue weighted by atomic mass is 32.1. The van der Waals surface area contributed by atoms with Crippen molar-refractivity contribution in [3.05, 3.63) is 46.5 Å². The molecule has 0 radical (unpaired) electrons. The van der Waals surface area contributed by atoms with Crippen molar-refractivity contribution in [2.24, 2.45) is 11.8 Å². The third-order valence-corrected chi connectivity index (χ3v) is 8.21. The van der Waals surface area contributed by atoms with Crippen molar-refractivity contribution in [3.63, 3.8) is 0 Å². The van der Waals surface area contributed by atoms with Crippen LogP contribution in [-0.4, -0.2) is 52.8 Å². The van der Waals surface area contributed by atoms with Gasteiger partial charge in [-0.3, -0.25) is 14.5 Å². The minimum atomic E-state index is 0.116. The first-order valence-electron chi connectivity index (χ1n) is 12.0. The second kappa shape index (κ2) is 9.71. The summed E-state index contributed by atoms with van der Waals surface area (Å²) in [4.78, 5) is 35.3. The first-order valence-corrected chi connectivity index (χ1v) is 12.8. The van der Waals surface area contributed by atoms with Crippen molar-refractivity contribution in [2.75, 3.05) is 31.5 Å². The molecule has 5 rings (SSSR count). The van der Waals surface area contributed by atoms with Crippen LogP contribution in [0.4, 0.5) is 5.13 Å². The number of rotatable bonds is 6. The fraction of sp³-hybridized carbons (Fsp3) is 0.560. The molecule has 1 aromatic carbocycles. The zero-order valence-electron chi connectivity index (χ0n) is 18.6. The molecule has 0 atom stereocenters. The van der Waals surface area contributed by atoms with Crippen molar-refractivity contribution < 1.29 is 9.59 Å². The normalized spacial score (nSPS) is 19.9. The largest absolute Gasteiger partial charge is 0.342 e. The maximum Gasteiger partial charge on any atom is 0.236 e. The SMILES string of the molecule is O=C(Nc1nc2c(s1)CN(CC(=O)N1CCC(Cc3ccccc3)CC1)CC2)C1CCC1. The van der Waals surface area contributed by atoms with Gasteiger partial charge in [0.05, 0.1) is 12.2 Å². The molecule has 2 aliphatic heterocycles. The quantitative estimate of drug-likeness (QED) is 0.726. The lowest BCUT2D eigenvalue weighted by atomic mass is 9.85. The molecule has 2 fully saturated rings. The second-order valence-electron chi connectivity index (χ2n) is 9.48. The van der Waals surface area contributed by atoms with Crippen LogP contribution in [0, 0.1) is 11.8 Å². The Morgan fingerprint density at radius 2 is 1.84 bits per heavy atom. The summed E-state index contributed by atoms with van der Waals surface area (Å²) < 4.78 is 0. The van der Waals surface area contributed by atoms with E-state index in [1.807, 2.05) is 4.90 Å². The number of carbonyl (C=O) groups excluding carboxylic acids is 2. The predicted molar refractivity (Wildman–Crippen MR) is 127 cm³/mol. The van der Waals surface area contributed by atoms with Crippen LogP contribution in [0.5, 0.6) is 0 Å². The van der Waals surface area contributed by atoms with E-state index in [1.54, 1.807) is 11.3 Å². The number of hydrogen-bond acceptors (Lipinski definition) is 5. The van der Waals surface area contributed by atoms with Crippen LogP contribution >= 0.6 is 11.3 Å². The highest BCUT2D eigenvalue weighted by Crippen LogP contribution is 2.31. The molecule has 0 unspecified atom stereocenters. The fourth-order valence-corrected chi connectivity index (χ4v) is 5.99. The van der Waals surface area contributed by atoms with E-state index in [0.717, 1.165) is 82.0 Å². The average molecular weight is 453 g/mol. The maximum absolute atomic E-state index is 12.9. The number of piperidine rings is 1. The van der Waals surface area contributed by atoms with Crippen molar-refractivity contribution in [2.45, 2.75) is 51.5 Å². The van der Waals surface area contributed by atoms with Crippen LogP contribution in [0.15, 0.2) is 30.3 Å². The van der Waals surface area contributed by atoms with Gasteiger partial charge in [-0.15, -0.1) is 11.3 Å². The highest BCUT2D eigenvalue weighted by molar-refractivity contribution is 7.15. The number of carbonyl (C=O) groups is 2. The van der Waals surface area contributed by atoms with Gasteiger partial charge in [0.15, 0.2) is 5.13 Å². The molecule has 3 aliphatic rings. The molecular weight excluding hydrogens is 420 g/mol. The van der Waals surface area contributed by atoms with Gasteiger partial charge in [-0.05, 0) is 43.6 Å². The number of nitrogens with zero attached hydrogens (tertiary/aromatic N) is 3. The van der Waals surface area contributed by atoms with Gasteiger partial charge in [0.25, 0.3) is 0 Å². The monoisotopic (exact) mass is 452 g/mol. The van der Waals surface area contributed by atoms with Gasteiger partial charge in [0, 0.05) is 43.4 Å². The topological polar surface area (TPSA) is 65.5 Å². The Hall–Kier alpha value is -2.25. The molecule has 0 bridgehead atoms. The number of thiazole rings is 1. The van der Waals surface area contributed by atoms with Gasteiger partial charge < -0.3 is 10.2 Å². The summed E-state index contributed by atoms with van der Waals surface area (Å²) in [7, 11) is 0. The Balaban J connectivity index is 1.09. The molecule has 3 heterocycles. The fourth-order valence-electron chi connectivity index (χ4n) is 4.94. The summed E-state index contributed by atoms with van der Waals surface area (Å²) in [5.41, 5.74) is 2.48. The molecule has 6 nitrogen and oxygen atoms in total. The third kappa shape index (κ3) is 5.04. The Kier molecular flexibility index (Phi) is 6.55. The Labute approximate surface area is 194 Å². The molecule has 1 aliphatic carbocycles. The standard InChI is InChI=1S/C25H32N4O2S/c30-23(29-13-9-19(10-14-29)15-18-5-2-1-3-6-18)17-28-12-11-21-22(16-28)32-25(26-21)27-24(31)20-7-4-8-20/h1-3,5-6,19-20H,4,7-17H2,(H,26,27,31). The first-order chi connectivity index (χ1) is 15.6. The maximum atomic E-state index is 12.9. The third-order valence-electron chi connectivity index (χ3n) is 7.21. The van der Waals surface area contributed by atoms with E-state index in [-0.39, 0.29) is 17.7 Å². The molecule has 1 saturated heterocycles. The number of aromatic nitrogens is 1. The molecule has 170 valence electrons. The van der Waals surface area contributed by atoms with Crippen molar-refractivity contribution in [3.8, 4) is 0 Å². The van der Waals surface area contributed by atoms with E-state index in [2.05, 4.69) is 45.5 Å². The van der Waals surface area contributed by atoms with Gasteiger partial charge in [0.1, 0.15) is 0 Å². The van der Waals surface area contributed by atoms with Crippen LogP contribution < -0.4 is 5.32 Å². The van der Waals surface area contributed by atoms with Gasteiger partial charge >= 0.3 is 0 Å². The lowest BCUT2D eigenvalue weighted by Crippen LogP contribution is -2.45. The summed E-state index contributed by atoms with van der Waals surface area (Å²) in [6.45, 7) is 3.82. The number of fused-ring (bicyclic) bond motifs is 1. The lowest BCUT2D eigenvalue weighted by molar-refractivity contribution is -0.134. The van der Waals surface area contributed by atoms with E-state index in [1.165, 1.54) is 10.4 Å². The first kappa shape index (κ1) is 21.6. The van der Waals surface area contributed by atoms with Gasteiger partial charge in [-0.1, -0.05) is 36.8 Å². The average Bonchev–Trinajstić information content (AvgIpc) is 3.15. The summed E-state index contributed by atoms with van der Waals surface area (Å²) in [6.07, 6.45) is 7.28. The molecule has 7 heteroatoms. The smallest absolute Gasteiger partial charge is 0.236 e. The lowest BCUT2D eigenvalue weighted by Gasteiger charge is -2.34. The summed E-state index contributed by atoms with van der Waals surface area (Å²) in [5, 5.41) is 3.73. The van der Waals surface area contributed by atoms with Crippen LogP contribution in [-0.2, 0) is 29.0 Å². The molecule has 2 amide bonds. The molecule has 1 aromatic heterocycles. The number of nitrogens with one attached hydrogen (secondary N) is 1. The number of likely N-dealkylation sites (tertiary alicyclic amines) is 1. The molecule has 2 aromatic rings. The van der Waals surface area contributed by atoms with Gasteiger partial charge in [-0.2, -0.15) is 0 Å². The van der Waals surface area contributed by atoms with Crippen molar-refractivity contribution in [1.29, 1.82) is 0 Å². The highest BCUT2D eigenvalue weighted by Gasteiger charge is 2.29. The second-order valence-corrected chi connectivity index (χ2v) is 10.6. The van der Waals surface area contributed by atoms with E-state index >= 15 is 0 Å². The van der Waals surface area contributed by atoms with E-state index in [4.69, 9.17) is 0 Å². The van der Waals surface area contributed by atoms with Crippen LogP contribution in [0.1, 0.15) is 48.2 Å². The van der Waals surface area contributed by atoms with E-state index in [0.29, 0.717) is 12.5 Å². The predicted octanol–water partition coefficient (Wildman–Crippen LogP) is 3.72. The Morgan fingerprint density at radius 3 is 2.56 bits per heavy atom. The zero-order chi connectivity index (χ0) is 21.9. The van der Waals surface area contributed by atoms with Crippen LogP contribution in [0.3, 0.4) is 0 Å². The number of amides is 2. The van der Waals surface area contributed by atoms with Gasteiger partial charge in [0.2, 0.25) is 11.8 Å². The molecule has 32 heavy (non-hydrogen) atoms. The molecule has 1 N–H and O–H groups in total. The van der Waals surface area contributed by atoms with Crippen LogP contribution in [0.25, 0.3) is 0 Å². The number of benzene rings is 1. The summed E-state index contributed by atoms with van der Waals surface area (Å²) >= 11 is 1.57. The molecule has 1 saturated carbocycles. The van der Waals surface area contributed by atoms with Gasteiger partial charge in [-0.25, -0.2) is 4.98 Å². The molecular formula is C25H32N4O2S. The van der Waals surface area contributed by atoms with Crippen molar-refractivity contribution in [1.82, 2.24) is 14.8 Å². The minimum Gasteiger partial charge on any atom is -0.342 e. The van der Waals surface area contributed by atoms with Crippen molar-refractivity contribution >= 4 is 28.3 Å². The summed E-state index contributed by atoms with van der Waals surface area (Å²) in [5.74, 6) is 1.20. The number of anilines is 1. The molecule has 0 spiro atoms. The van der Waals surface area contributed by atoms with Crippen LogP contribution in [0.2, 0.25) is 0 Å².